The van der Waals surface area contributed by atoms with Crippen molar-refractivity contribution in [1.82, 2.24) is 0 Å². The number of ether oxygens (including phenoxy) is 2. The van der Waals surface area contributed by atoms with Gasteiger partial charge in [-0.25, -0.2) is 0 Å². The van der Waals surface area contributed by atoms with Crippen LogP contribution in [0.3, 0.4) is 0 Å². The monoisotopic (exact) mass is 1430 g/mol. The first-order valence-corrected chi connectivity index (χ1v) is 42.6. The van der Waals surface area contributed by atoms with Crippen molar-refractivity contribution in [3.63, 3.8) is 0 Å². The molecule has 0 aromatic rings. The SMILES string of the molecule is CC/C=C\C/C=C\C/C=C\C/C=C\C/C=C\C/C=C\C/C=C\C/C=C\C/C=C\C/C=C\CCCCCCCCC(=O)OC(COC(=O)CCCCCCCCCCCCCCCCCCCCCCCC/C=C\C/C=C\C/C=C\C/C=C\C/C=C\C/C=C\CC)COP(=O)([O-])OCC[N+](C)(C)C. The van der Waals surface area contributed by atoms with Crippen LogP contribution in [-0.4, -0.2) is 70.0 Å². The number of nitrogens with zero attached hydrogens (tertiary/aromatic N) is 1. The lowest BCUT2D eigenvalue weighted by molar-refractivity contribution is -0.870. The quantitative estimate of drug-likeness (QED) is 0.0195. The van der Waals surface area contributed by atoms with Gasteiger partial charge in [0.05, 0.1) is 27.7 Å². The highest BCUT2D eigenvalue weighted by Gasteiger charge is 2.22. The maximum atomic E-state index is 12.9. The number of hydrogen-bond acceptors (Lipinski definition) is 8. The summed E-state index contributed by atoms with van der Waals surface area (Å²) in [5, 5.41) is 0. The number of quaternary nitrogens is 1. The van der Waals surface area contributed by atoms with Gasteiger partial charge in [0.1, 0.15) is 19.8 Å². The minimum absolute atomic E-state index is 0.0416. The molecule has 0 aliphatic rings. The molecule has 2 atom stereocenters. The normalized spacial score (nSPS) is 14.1. The average molecular weight is 1430 g/mol. The van der Waals surface area contributed by atoms with E-state index in [0.29, 0.717) is 17.4 Å². The maximum Gasteiger partial charge on any atom is 0.306 e. The standard InChI is InChI=1S/C92H152NO8P/c1-6-8-10-12-14-16-18-20-22-24-26-28-30-32-34-36-38-40-42-44-45-46-47-49-50-52-54-56-58-60-62-64-66-68-70-72-74-76-78-80-82-84-91(94)98-88-90(89-100-102(96,97)99-87-86-93(3,4)5)101-92(95)85-83-81-79-77-75-73-71-69-67-65-63-61-59-57-55-53-51-48-43-41-39-37-35-33-31-29-27-25-23-21-19-17-15-13-11-9-7-2/h8-11,14-17,20-23,26-29,32-35,38-41,48,51,55,57,61,63,67,69,90H,6-7,12-13,18-19,24-25,30-31,36-37,42-47,49-50,52-54,56,58-60,62,64-66,68,70-89H2,1-5H3/b10-8-,11-9-,16-14-,17-15-,22-20-,23-21-,28-26-,29-27-,34-32-,35-33-,40-38-,41-39-,51-48-,57-55-,63-61-,69-67-. The minimum atomic E-state index is -4.66. The van der Waals surface area contributed by atoms with E-state index in [0.717, 1.165) is 161 Å². The molecule has 0 spiro atoms. The molecule has 0 radical (unpaired) electrons. The third-order valence-corrected chi connectivity index (χ3v) is 18.1. The molecule has 578 valence electrons. The largest absolute Gasteiger partial charge is 0.756 e. The van der Waals surface area contributed by atoms with Crippen LogP contribution in [0.25, 0.3) is 0 Å². The topological polar surface area (TPSA) is 111 Å². The molecule has 0 heterocycles. The van der Waals surface area contributed by atoms with E-state index in [9.17, 15) is 19.0 Å². The zero-order valence-corrected chi connectivity index (χ0v) is 66.9. The molecule has 102 heavy (non-hydrogen) atoms. The van der Waals surface area contributed by atoms with Gasteiger partial charge in [-0.05, 0) is 141 Å². The molecule has 0 fully saturated rings. The zero-order chi connectivity index (χ0) is 74.0. The van der Waals surface area contributed by atoms with Crippen molar-refractivity contribution in [1.29, 1.82) is 0 Å². The summed E-state index contributed by atoms with van der Waals surface area (Å²) in [5.41, 5.74) is 0. The van der Waals surface area contributed by atoms with Crippen molar-refractivity contribution in [2.24, 2.45) is 0 Å². The van der Waals surface area contributed by atoms with Crippen LogP contribution in [0.15, 0.2) is 194 Å². The van der Waals surface area contributed by atoms with Crippen LogP contribution >= 0.6 is 7.82 Å². The fourth-order valence-corrected chi connectivity index (χ4v) is 11.7. The van der Waals surface area contributed by atoms with Gasteiger partial charge in [-0.15, -0.1) is 0 Å². The van der Waals surface area contributed by atoms with Gasteiger partial charge < -0.3 is 27.9 Å². The summed E-state index contributed by atoms with van der Waals surface area (Å²) >= 11 is 0. The molecule has 0 aliphatic carbocycles. The van der Waals surface area contributed by atoms with E-state index < -0.39 is 26.5 Å². The van der Waals surface area contributed by atoms with Crippen LogP contribution in [0.5, 0.6) is 0 Å². The second kappa shape index (κ2) is 80.0. The van der Waals surface area contributed by atoms with Crippen molar-refractivity contribution in [2.75, 3.05) is 47.5 Å². The van der Waals surface area contributed by atoms with Crippen LogP contribution in [0.4, 0.5) is 0 Å². The number of hydrogen-bond donors (Lipinski definition) is 0. The molecule has 0 bridgehead atoms. The fourth-order valence-electron chi connectivity index (χ4n) is 10.9. The Kier molecular flexibility index (Phi) is 75.9. The van der Waals surface area contributed by atoms with Crippen molar-refractivity contribution in [3.8, 4) is 0 Å². The molecule has 0 N–H and O–H groups in total. The zero-order valence-electron chi connectivity index (χ0n) is 66.0. The molecule has 0 aromatic heterocycles. The molecule has 2 unspecified atom stereocenters. The van der Waals surface area contributed by atoms with Gasteiger partial charge in [-0.3, -0.25) is 14.2 Å². The Balaban J connectivity index is 4.03. The molecule has 9 nitrogen and oxygen atoms in total. The number of esters is 2. The molecule has 0 amide bonds. The number of likely N-dealkylation sites (N-methyl/N-ethyl adjacent to an activating group) is 1. The number of rotatable bonds is 74. The number of allylic oxidation sites excluding steroid dienone is 32. The average Bonchev–Trinajstić information content (AvgIpc) is 0.913. The Morgan fingerprint density at radius 2 is 0.529 bits per heavy atom. The molecule has 0 saturated heterocycles. The van der Waals surface area contributed by atoms with Crippen LogP contribution in [0, 0.1) is 0 Å². The second-order valence-corrected chi connectivity index (χ2v) is 29.4. The third-order valence-electron chi connectivity index (χ3n) is 17.1. The van der Waals surface area contributed by atoms with Crippen molar-refractivity contribution in [2.45, 2.75) is 328 Å². The van der Waals surface area contributed by atoms with Gasteiger partial charge in [-0.2, -0.15) is 0 Å². The number of unbranched alkanes of at least 4 members (excludes halogenated alkanes) is 28. The second-order valence-electron chi connectivity index (χ2n) is 28.0. The molecule has 0 aromatic carbocycles. The predicted octanol–water partition coefficient (Wildman–Crippen LogP) is 27.3. The van der Waals surface area contributed by atoms with Crippen molar-refractivity contribution >= 4 is 19.8 Å². The van der Waals surface area contributed by atoms with E-state index in [1.807, 2.05) is 21.1 Å². The Morgan fingerprint density at radius 3 is 0.784 bits per heavy atom. The highest BCUT2D eigenvalue weighted by atomic mass is 31.2. The van der Waals surface area contributed by atoms with Gasteiger partial charge in [-0.1, -0.05) is 362 Å². The number of carbonyl (C=O) groups excluding carboxylic acids is 2. The first-order valence-electron chi connectivity index (χ1n) is 41.1. The smallest absolute Gasteiger partial charge is 0.306 e. The molecule has 0 saturated carbocycles. The highest BCUT2D eigenvalue weighted by molar-refractivity contribution is 7.45. The fraction of sp³-hybridized carbons (Fsp3) is 0.630. The first-order chi connectivity index (χ1) is 50.0. The van der Waals surface area contributed by atoms with Gasteiger partial charge in [0.2, 0.25) is 0 Å². The number of phosphoric acid groups is 1. The summed E-state index contributed by atoms with van der Waals surface area (Å²) in [6.45, 7) is 4.00. The van der Waals surface area contributed by atoms with Gasteiger partial charge in [0, 0.05) is 12.8 Å². The van der Waals surface area contributed by atoms with Gasteiger partial charge in [0.25, 0.3) is 7.82 Å². The van der Waals surface area contributed by atoms with Crippen molar-refractivity contribution < 1.29 is 42.1 Å². The van der Waals surface area contributed by atoms with Crippen LogP contribution in [0.2, 0.25) is 0 Å². The summed E-state index contributed by atoms with van der Waals surface area (Å²) < 4.78 is 34.4. The third kappa shape index (κ3) is 83.8. The van der Waals surface area contributed by atoms with Crippen LogP contribution < -0.4 is 4.89 Å². The lowest BCUT2D eigenvalue weighted by Gasteiger charge is -2.28. The Morgan fingerprint density at radius 1 is 0.304 bits per heavy atom. The lowest BCUT2D eigenvalue weighted by Crippen LogP contribution is -2.37. The van der Waals surface area contributed by atoms with Crippen molar-refractivity contribution in [3.05, 3.63) is 194 Å². The number of carbonyl (C=O) groups is 2. The van der Waals surface area contributed by atoms with Crippen LogP contribution in [-0.2, 0) is 32.7 Å². The Hall–Kier alpha value is -5.15. The van der Waals surface area contributed by atoms with E-state index in [1.54, 1.807) is 0 Å². The van der Waals surface area contributed by atoms with E-state index in [-0.39, 0.29) is 32.0 Å². The Bertz CT molecular complexity index is 2440. The van der Waals surface area contributed by atoms with Crippen LogP contribution in [0.1, 0.15) is 322 Å². The summed E-state index contributed by atoms with van der Waals surface area (Å²) in [4.78, 5) is 38.2. The molecule has 10 heteroatoms. The highest BCUT2D eigenvalue weighted by Crippen LogP contribution is 2.38. The minimum Gasteiger partial charge on any atom is -0.756 e. The van der Waals surface area contributed by atoms with E-state index in [4.69, 9.17) is 18.5 Å². The lowest BCUT2D eigenvalue weighted by atomic mass is 10.0. The molecule has 0 aliphatic heterocycles. The summed E-state index contributed by atoms with van der Waals surface area (Å²) in [7, 11) is 1.14. The summed E-state index contributed by atoms with van der Waals surface area (Å²) in [6, 6.07) is 0. The first kappa shape index (κ1) is 96.8. The maximum absolute atomic E-state index is 12.9. The summed E-state index contributed by atoms with van der Waals surface area (Å²) in [5.74, 6) is -0.851. The summed E-state index contributed by atoms with van der Waals surface area (Å²) in [6.07, 6.45) is 124. The van der Waals surface area contributed by atoms with E-state index >= 15 is 0 Å². The molecular formula is C92H152NO8P. The molecular weight excluding hydrogens is 1280 g/mol. The molecule has 0 rings (SSSR count). The number of phosphoric ester groups is 1. The van der Waals surface area contributed by atoms with Gasteiger partial charge >= 0.3 is 11.9 Å². The van der Waals surface area contributed by atoms with Gasteiger partial charge in [0.15, 0.2) is 6.10 Å². The van der Waals surface area contributed by atoms with E-state index in [2.05, 4.69) is 208 Å². The Labute approximate surface area is 628 Å². The predicted molar refractivity (Wildman–Crippen MR) is 442 cm³/mol. The van der Waals surface area contributed by atoms with E-state index in [1.165, 1.54) is 128 Å².